The molecule has 0 bridgehead atoms. The van der Waals surface area contributed by atoms with E-state index in [0.29, 0.717) is 35.6 Å². The van der Waals surface area contributed by atoms with Crippen LogP contribution in [-0.4, -0.2) is 38.3 Å². The molecule has 37 heavy (non-hydrogen) atoms. The van der Waals surface area contributed by atoms with E-state index in [2.05, 4.69) is 0 Å². The number of Topliss-reactive ketones (excluding diaryl/α,β-unsaturated/α-hetero) is 1. The van der Waals surface area contributed by atoms with Crippen molar-refractivity contribution in [3.8, 4) is 11.5 Å². The van der Waals surface area contributed by atoms with Gasteiger partial charge in [-0.15, -0.1) is 0 Å². The van der Waals surface area contributed by atoms with Gasteiger partial charge in [-0.25, -0.2) is 0 Å². The number of aliphatic imine (C=N–C) groups is 1. The van der Waals surface area contributed by atoms with Gasteiger partial charge in [0.15, 0.2) is 17.3 Å². The number of carbonyl (C=O) groups excluding carboxylic acids is 2. The minimum atomic E-state index is -0.647. The van der Waals surface area contributed by atoms with Crippen LogP contribution in [0.5, 0.6) is 11.5 Å². The number of benzene rings is 3. The zero-order valence-corrected chi connectivity index (χ0v) is 21.6. The molecule has 1 heterocycles. The quantitative estimate of drug-likeness (QED) is 0.391. The zero-order valence-electron chi connectivity index (χ0n) is 21.6. The second kappa shape index (κ2) is 10.2. The monoisotopic (exact) mass is 497 g/mol. The molecular weight excluding hydrogens is 466 g/mol. The van der Waals surface area contributed by atoms with Crippen LogP contribution in [0.4, 0.5) is 0 Å². The SMILES string of the molecule is CCOC(=O)C1C(C)=NC2=C(C(=O)C[C@H](c3ccc(OC)c(OC)c3)C2)[C@@H]1c1cccc2ccccc12. The highest BCUT2D eigenvalue weighted by atomic mass is 16.5. The first-order chi connectivity index (χ1) is 18.0. The molecule has 0 N–H and O–H groups in total. The van der Waals surface area contributed by atoms with Gasteiger partial charge in [0, 0.05) is 29.3 Å². The van der Waals surface area contributed by atoms with Crippen LogP contribution in [0, 0.1) is 5.92 Å². The molecule has 190 valence electrons. The van der Waals surface area contributed by atoms with E-state index >= 15 is 0 Å². The van der Waals surface area contributed by atoms with Crippen LogP contribution in [0.25, 0.3) is 10.8 Å². The Morgan fingerprint density at radius 1 is 0.973 bits per heavy atom. The van der Waals surface area contributed by atoms with Gasteiger partial charge in [-0.3, -0.25) is 14.6 Å². The molecule has 6 heteroatoms. The molecule has 0 aromatic heterocycles. The molecular formula is C31H31NO5. The fourth-order valence-electron chi connectivity index (χ4n) is 5.80. The third-order valence-corrected chi connectivity index (χ3v) is 7.47. The lowest BCUT2D eigenvalue weighted by Crippen LogP contribution is -2.38. The molecule has 0 amide bonds. The molecule has 1 aliphatic heterocycles. The highest BCUT2D eigenvalue weighted by molar-refractivity contribution is 6.10. The fourth-order valence-corrected chi connectivity index (χ4v) is 5.80. The van der Waals surface area contributed by atoms with Gasteiger partial charge in [-0.1, -0.05) is 48.5 Å². The number of nitrogens with zero attached hydrogens (tertiary/aromatic N) is 1. The lowest BCUT2D eigenvalue weighted by molar-refractivity contribution is -0.146. The van der Waals surface area contributed by atoms with Gasteiger partial charge in [-0.05, 0) is 60.2 Å². The minimum Gasteiger partial charge on any atom is -0.493 e. The lowest BCUT2D eigenvalue weighted by Gasteiger charge is -2.37. The first kappa shape index (κ1) is 24.8. The van der Waals surface area contributed by atoms with Gasteiger partial charge >= 0.3 is 5.97 Å². The summed E-state index contributed by atoms with van der Waals surface area (Å²) in [5, 5.41) is 2.09. The summed E-state index contributed by atoms with van der Waals surface area (Å²) in [6, 6.07) is 19.9. The third kappa shape index (κ3) is 4.41. The summed E-state index contributed by atoms with van der Waals surface area (Å²) in [5.74, 6) is -0.190. The molecule has 2 aliphatic rings. The van der Waals surface area contributed by atoms with Crippen molar-refractivity contribution in [3.05, 3.63) is 83.1 Å². The van der Waals surface area contributed by atoms with Crippen LogP contribution in [-0.2, 0) is 14.3 Å². The van der Waals surface area contributed by atoms with E-state index < -0.39 is 11.8 Å². The second-order valence-corrected chi connectivity index (χ2v) is 9.53. The Labute approximate surface area is 217 Å². The molecule has 5 rings (SSSR count). The van der Waals surface area contributed by atoms with Gasteiger partial charge in [0.2, 0.25) is 0 Å². The van der Waals surface area contributed by atoms with E-state index in [1.807, 2.05) is 67.6 Å². The topological polar surface area (TPSA) is 74.2 Å². The number of ether oxygens (including phenoxy) is 3. The lowest BCUT2D eigenvalue weighted by atomic mass is 9.68. The maximum Gasteiger partial charge on any atom is 0.315 e. The standard InChI is InChI=1S/C31H31NO5/c1-5-37-31(34)28-18(2)32-24-15-21(20-13-14-26(35-3)27(17-20)36-4)16-25(33)30(24)29(28)23-12-8-10-19-9-6-7-11-22(19)23/h6-14,17,21,28-29H,5,15-16H2,1-4H3/t21-,28?,29-/m1/s1. The van der Waals surface area contributed by atoms with Crippen LogP contribution >= 0.6 is 0 Å². The summed E-state index contributed by atoms with van der Waals surface area (Å²) in [6.07, 6.45) is 0.935. The van der Waals surface area contributed by atoms with Crippen molar-refractivity contribution in [2.45, 2.75) is 38.5 Å². The molecule has 3 atom stereocenters. The van der Waals surface area contributed by atoms with Crippen molar-refractivity contribution in [2.75, 3.05) is 20.8 Å². The summed E-state index contributed by atoms with van der Waals surface area (Å²) in [6.45, 7) is 3.93. The van der Waals surface area contributed by atoms with Crippen LogP contribution in [0.3, 0.4) is 0 Å². The molecule has 1 unspecified atom stereocenters. The second-order valence-electron chi connectivity index (χ2n) is 9.53. The van der Waals surface area contributed by atoms with Crippen molar-refractivity contribution in [3.63, 3.8) is 0 Å². The first-order valence-corrected chi connectivity index (χ1v) is 12.6. The molecule has 1 aliphatic carbocycles. The number of esters is 1. The van der Waals surface area contributed by atoms with Crippen molar-refractivity contribution in [2.24, 2.45) is 10.9 Å². The Hall–Kier alpha value is -3.93. The van der Waals surface area contributed by atoms with E-state index in [0.717, 1.165) is 27.6 Å². The van der Waals surface area contributed by atoms with E-state index in [1.165, 1.54) is 0 Å². The van der Waals surface area contributed by atoms with Gasteiger partial charge in [0.1, 0.15) is 5.92 Å². The van der Waals surface area contributed by atoms with E-state index in [9.17, 15) is 9.59 Å². The molecule has 0 saturated heterocycles. The maximum atomic E-state index is 13.9. The minimum absolute atomic E-state index is 0.0181. The van der Waals surface area contributed by atoms with Crippen LogP contribution in [0.2, 0.25) is 0 Å². The van der Waals surface area contributed by atoms with Gasteiger partial charge in [0.25, 0.3) is 0 Å². The molecule has 6 nitrogen and oxygen atoms in total. The average Bonchev–Trinajstić information content (AvgIpc) is 2.91. The fraction of sp³-hybridized carbons (Fsp3) is 0.323. The molecule has 3 aromatic carbocycles. The summed E-state index contributed by atoms with van der Waals surface area (Å²) >= 11 is 0. The Bertz CT molecular complexity index is 1430. The molecule has 3 aromatic rings. The molecule has 0 spiro atoms. The normalized spacial score (nSPS) is 21.4. The number of allylic oxidation sites excluding steroid dienone is 2. The number of ketones is 1. The van der Waals surface area contributed by atoms with E-state index in [1.54, 1.807) is 21.1 Å². The van der Waals surface area contributed by atoms with E-state index in [-0.39, 0.29) is 24.3 Å². The van der Waals surface area contributed by atoms with Crippen molar-refractivity contribution in [1.29, 1.82) is 0 Å². The number of carbonyl (C=O) groups is 2. The summed E-state index contributed by atoms with van der Waals surface area (Å²) in [4.78, 5) is 32.0. The number of fused-ring (bicyclic) bond motifs is 1. The van der Waals surface area contributed by atoms with Crippen molar-refractivity contribution in [1.82, 2.24) is 0 Å². The molecule has 0 saturated carbocycles. The Morgan fingerprint density at radius 3 is 2.49 bits per heavy atom. The van der Waals surface area contributed by atoms with Gasteiger partial charge < -0.3 is 14.2 Å². The Kier molecular flexibility index (Phi) is 6.83. The Balaban J connectivity index is 1.63. The Morgan fingerprint density at radius 2 is 1.73 bits per heavy atom. The maximum absolute atomic E-state index is 13.9. The number of methoxy groups -OCH3 is 2. The predicted octanol–water partition coefficient (Wildman–Crippen LogP) is 6.00. The molecule has 0 fully saturated rings. The van der Waals surface area contributed by atoms with Crippen LogP contribution < -0.4 is 9.47 Å². The number of hydrogen-bond acceptors (Lipinski definition) is 6. The first-order valence-electron chi connectivity index (χ1n) is 12.6. The summed E-state index contributed by atoms with van der Waals surface area (Å²) < 4.78 is 16.4. The highest BCUT2D eigenvalue weighted by Crippen LogP contribution is 2.48. The highest BCUT2D eigenvalue weighted by Gasteiger charge is 2.45. The van der Waals surface area contributed by atoms with Gasteiger partial charge in [-0.2, -0.15) is 0 Å². The number of rotatable bonds is 6. The summed E-state index contributed by atoms with van der Waals surface area (Å²) in [5.41, 5.74) is 4.02. The zero-order chi connectivity index (χ0) is 26.1. The molecule has 0 radical (unpaired) electrons. The van der Waals surface area contributed by atoms with Crippen LogP contribution in [0.1, 0.15) is 49.7 Å². The third-order valence-electron chi connectivity index (χ3n) is 7.47. The van der Waals surface area contributed by atoms with Crippen molar-refractivity contribution >= 4 is 28.2 Å². The largest absolute Gasteiger partial charge is 0.493 e. The number of hydrogen-bond donors (Lipinski definition) is 0. The summed E-state index contributed by atoms with van der Waals surface area (Å²) in [7, 11) is 3.21. The van der Waals surface area contributed by atoms with Crippen LogP contribution in [0.15, 0.2) is 76.9 Å². The van der Waals surface area contributed by atoms with E-state index in [4.69, 9.17) is 19.2 Å². The predicted molar refractivity (Wildman–Crippen MR) is 143 cm³/mol. The van der Waals surface area contributed by atoms with Gasteiger partial charge in [0.05, 0.1) is 20.8 Å². The average molecular weight is 498 g/mol. The van der Waals surface area contributed by atoms with Crippen molar-refractivity contribution < 1.29 is 23.8 Å². The smallest absolute Gasteiger partial charge is 0.315 e.